The van der Waals surface area contributed by atoms with Crippen molar-refractivity contribution in [2.75, 3.05) is 13.1 Å². The number of carbonyl (C=O) groups is 2. The summed E-state index contributed by atoms with van der Waals surface area (Å²) in [5.74, 6) is -0.835. The zero-order valence-corrected chi connectivity index (χ0v) is 10.1. The lowest BCUT2D eigenvalue weighted by atomic mass is 9.94. The fourth-order valence-electron chi connectivity index (χ4n) is 2.14. The Bertz CT molecular complexity index is 492. The van der Waals surface area contributed by atoms with Crippen LogP contribution in [-0.4, -0.2) is 40.1 Å². The second kappa shape index (κ2) is 4.68. The number of aliphatic carboxylic acids is 1. The van der Waals surface area contributed by atoms with Crippen molar-refractivity contribution in [1.82, 2.24) is 4.90 Å². The number of nitrogens with zero attached hydrogens (tertiary/aromatic N) is 1. The Morgan fingerprint density at radius 2 is 2.06 bits per heavy atom. The average Bonchev–Trinajstić information content (AvgIpc) is 2.25. The Morgan fingerprint density at radius 1 is 1.39 bits per heavy atom. The smallest absolute Gasteiger partial charge is 0.303 e. The molecule has 0 spiro atoms. The molecular formula is C13H15NO4. The van der Waals surface area contributed by atoms with E-state index < -0.39 is 5.97 Å². The lowest BCUT2D eigenvalue weighted by Crippen LogP contribution is -2.50. The molecule has 1 aromatic carbocycles. The summed E-state index contributed by atoms with van der Waals surface area (Å²) < 4.78 is 0. The number of phenolic OH excluding ortho intramolecular Hbond substituents is 1. The maximum atomic E-state index is 12.1. The maximum absolute atomic E-state index is 12.1. The van der Waals surface area contributed by atoms with Crippen LogP contribution in [0.4, 0.5) is 0 Å². The summed E-state index contributed by atoms with van der Waals surface area (Å²) in [5, 5.41) is 18.2. The highest BCUT2D eigenvalue weighted by Gasteiger charge is 2.33. The van der Waals surface area contributed by atoms with Crippen LogP contribution in [0.3, 0.4) is 0 Å². The van der Waals surface area contributed by atoms with E-state index in [1.165, 1.54) is 6.07 Å². The molecule has 1 fully saturated rings. The number of carboxylic acid groups (broad SMARTS) is 1. The van der Waals surface area contributed by atoms with Crippen LogP contribution in [0, 0.1) is 12.8 Å². The highest BCUT2D eigenvalue weighted by atomic mass is 16.4. The lowest BCUT2D eigenvalue weighted by Gasteiger charge is -2.38. The molecular weight excluding hydrogens is 234 g/mol. The van der Waals surface area contributed by atoms with Gasteiger partial charge in [-0.15, -0.1) is 0 Å². The van der Waals surface area contributed by atoms with E-state index in [1.54, 1.807) is 24.0 Å². The van der Waals surface area contributed by atoms with Crippen molar-refractivity contribution < 1.29 is 19.8 Å². The van der Waals surface area contributed by atoms with Gasteiger partial charge >= 0.3 is 5.97 Å². The minimum absolute atomic E-state index is 0.0454. The van der Waals surface area contributed by atoms with Crippen LogP contribution in [0.1, 0.15) is 22.3 Å². The van der Waals surface area contributed by atoms with Gasteiger partial charge in [0.25, 0.3) is 5.91 Å². The number of carboxylic acids is 1. The molecule has 2 rings (SSSR count). The zero-order chi connectivity index (χ0) is 13.3. The van der Waals surface area contributed by atoms with E-state index in [9.17, 15) is 14.7 Å². The van der Waals surface area contributed by atoms with E-state index >= 15 is 0 Å². The van der Waals surface area contributed by atoms with Crippen molar-refractivity contribution in [3.63, 3.8) is 0 Å². The van der Waals surface area contributed by atoms with E-state index in [-0.39, 0.29) is 24.0 Å². The summed E-state index contributed by atoms with van der Waals surface area (Å²) in [6.45, 7) is 2.64. The number of benzene rings is 1. The molecule has 0 radical (unpaired) electrons. The minimum atomic E-state index is -0.833. The Balaban J connectivity index is 2.02. The molecule has 0 bridgehead atoms. The van der Waals surface area contributed by atoms with E-state index in [4.69, 9.17) is 5.11 Å². The molecule has 0 aromatic heterocycles. The summed E-state index contributed by atoms with van der Waals surface area (Å²) in [4.78, 5) is 24.2. The summed E-state index contributed by atoms with van der Waals surface area (Å²) in [6.07, 6.45) is 0.100. The summed E-state index contributed by atoms with van der Waals surface area (Å²) in [7, 11) is 0. The quantitative estimate of drug-likeness (QED) is 0.845. The molecule has 18 heavy (non-hydrogen) atoms. The maximum Gasteiger partial charge on any atom is 0.303 e. The molecule has 0 aliphatic carbocycles. The molecule has 1 amide bonds. The van der Waals surface area contributed by atoms with Crippen LogP contribution in [0.15, 0.2) is 18.2 Å². The van der Waals surface area contributed by atoms with Crippen molar-refractivity contribution in [2.24, 2.45) is 5.92 Å². The first-order chi connectivity index (χ1) is 8.49. The number of rotatable bonds is 3. The van der Waals surface area contributed by atoms with Crippen molar-refractivity contribution in [3.8, 4) is 5.75 Å². The van der Waals surface area contributed by atoms with Gasteiger partial charge in [0.05, 0.1) is 6.42 Å². The molecule has 96 valence electrons. The molecule has 0 atom stereocenters. The van der Waals surface area contributed by atoms with Gasteiger partial charge in [0.2, 0.25) is 0 Å². The SMILES string of the molecule is Cc1c(O)cccc1C(=O)N1CC(CC(=O)O)C1. The van der Waals surface area contributed by atoms with Gasteiger partial charge in [-0.1, -0.05) is 6.07 Å². The first-order valence-corrected chi connectivity index (χ1v) is 5.78. The van der Waals surface area contributed by atoms with Gasteiger partial charge in [0, 0.05) is 30.1 Å². The summed E-state index contributed by atoms with van der Waals surface area (Å²) >= 11 is 0. The number of hydrogen-bond acceptors (Lipinski definition) is 3. The predicted octanol–water partition coefficient (Wildman–Crippen LogP) is 1.25. The molecule has 0 unspecified atom stereocenters. The second-order valence-electron chi connectivity index (χ2n) is 4.62. The van der Waals surface area contributed by atoms with Crippen molar-refractivity contribution in [2.45, 2.75) is 13.3 Å². The Hall–Kier alpha value is -2.04. The lowest BCUT2D eigenvalue weighted by molar-refractivity contribution is -0.139. The van der Waals surface area contributed by atoms with Crippen LogP contribution >= 0.6 is 0 Å². The molecule has 2 N–H and O–H groups in total. The third kappa shape index (κ3) is 2.30. The average molecular weight is 249 g/mol. The van der Waals surface area contributed by atoms with Gasteiger partial charge in [-0.25, -0.2) is 0 Å². The van der Waals surface area contributed by atoms with Crippen LogP contribution in [0.2, 0.25) is 0 Å². The van der Waals surface area contributed by atoms with E-state index in [2.05, 4.69) is 0 Å². The van der Waals surface area contributed by atoms with Gasteiger partial charge < -0.3 is 15.1 Å². The van der Waals surface area contributed by atoms with Gasteiger partial charge in [0.1, 0.15) is 5.75 Å². The zero-order valence-electron chi connectivity index (χ0n) is 10.1. The van der Waals surface area contributed by atoms with E-state index in [0.29, 0.717) is 24.2 Å². The minimum Gasteiger partial charge on any atom is -0.508 e. The molecule has 5 nitrogen and oxygen atoms in total. The summed E-state index contributed by atoms with van der Waals surface area (Å²) in [6, 6.07) is 4.83. The van der Waals surface area contributed by atoms with Gasteiger partial charge in [0.15, 0.2) is 0 Å². The van der Waals surface area contributed by atoms with Crippen LogP contribution < -0.4 is 0 Å². The van der Waals surface area contributed by atoms with Crippen molar-refractivity contribution >= 4 is 11.9 Å². The van der Waals surface area contributed by atoms with Crippen molar-refractivity contribution in [3.05, 3.63) is 29.3 Å². The molecule has 1 heterocycles. The number of aromatic hydroxyl groups is 1. The third-order valence-electron chi connectivity index (χ3n) is 3.24. The first kappa shape index (κ1) is 12.4. The number of carbonyl (C=O) groups excluding carboxylic acids is 1. The fraction of sp³-hybridized carbons (Fsp3) is 0.385. The Morgan fingerprint density at radius 3 is 2.67 bits per heavy atom. The van der Waals surface area contributed by atoms with Crippen LogP contribution in [-0.2, 0) is 4.79 Å². The van der Waals surface area contributed by atoms with Gasteiger partial charge in [-0.2, -0.15) is 0 Å². The van der Waals surface area contributed by atoms with Gasteiger partial charge in [-0.3, -0.25) is 9.59 Å². The molecule has 5 heteroatoms. The molecule has 1 saturated heterocycles. The third-order valence-corrected chi connectivity index (χ3v) is 3.24. The highest BCUT2D eigenvalue weighted by molar-refractivity contribution is 5.96. The summed E-state index contributed by atoms with van der Waals surface area (Å²) in [5.41, 5.74) is 1.04. The normalized spacial score (nSPS) is 15.3. The van der Waals surface area contributed by atoms with Gasteiger partial charge in [-0.05, 0) is 19.1 Å². The van der Waals surface area contributed by atoms with Crippen LogP contribution in [0.5, 0.6) is 5.75 Å². The Labute approximate surface area is 105 Å². The Kier molecular flexibility index (Phi) is 3.23. The molecule has 1 aromatic rings. The van der Waals surface area contributed by atoms with Crippen molar-refractivity contribution in [1.29, 1.82) is 0 Å². The topological polar surface area (TPSA) is 77.8 Å². The first-order valence-electron chi connectivity index (χ1n) is 5.78. The van der Waals surface area contributed by atoms with E-state index in [0.717, 1.165) is 0 Å². The number of hydrogen-bond donors (Lipinski definition) is 2. The number of amides is 1. The largest absolute Gasteiger partial charge is 0.508 e. The molecule has 1 aliphatic rings. The fourth-order valence-corrected chi connectivity index (χ4v) is 2.14. The van der Waals surface area contributed by atoms with E-state index in [1.807, 2.05) is 0 Å². The highest BCUT2D eigenvalue weighted by Crippen LogP contribution is 2.25. The monoisotopic (exact) mass is 249 g/mol. The molecule has 1 aliphatic heterocycles. The number of likely N-dealkylation sites (tertiary alicyclic amines) is 1. The number of phenols is 1. The predicted molar refractivity (Wildman–Crippen MR) is 64.5 cm³/mol. The van der Waals surface area contributed by atoms with Crippen LogP contribution in [0.25, 0.3) is 0 Å². The molecule has 0 saturated carbocycles. The second-order valence-corrected chi connectivity index (χ2v) is 4.62. The standard InChI is InChI=1S/C13H15NO4/c1-8-10(3-2-4-11(8)15)13(18)14-6-9(7-14)5-12(16)17/h2-4,9,15H,5-7H2,1H3,(H,16,17).